The van der Waals surface area contributed by atoms with Crippen LogP contribution in [-0.2, 0) is 0 Å². The summed E-state index contributed by atoms with van der Waals surface area (Å²) in [5.41, 5.74) is 6.17. The maximum absolute atomic E-state index is 11.3. The molecule has 2 rings (SSSR count). The molecule has 0 aliphatic heterocycles. The molecule has 2 heterocycles. The molecule has 0 aliphatic carbocycles. The van der Waals surface area contributed by atoms with Gasteiger partial charge < -0.3 is 15.3 Å². The second kappa shape index (κ2) is 2.70. The van der Waals surface area contributed by atoms with Gasteiger partial charge in [-0.25, -0.2) is 4.98 Å². The van der Waals surface area contributed by atoms with Gasteiger partial charge in [-0.3, -0.25) is 4.79 Å². The van der Waals surface area contributed by atoms with Crippen molar-refractivity contribution in [2.75, 3.05) is 0 Å². The van der Waals surface area contributed by atoms with Gasteiger partial charge in [-0.1, -0.05) is 0 Å². The van der Waals surface area contributed by atoms with Crippen LogP contribution in [0.5, 0.6) is 0 Å². The summed E-state index contributed by atoms with van der Waals surface area (Å²) < 4.78 is 1.75. The first-order chi connectivity index (χ1) is 6.20. The van der Waals surface area contributed by atoms with Gasteiger partial charge in [0.15, 0.2) is 0 Å². The first-order valence-corrected chi connectivity index (χ1v) is 4.00. The van der Waals surface area contributed by atoms with Gasteiger partial charge in [0, 0.05) is 6.20 Å². The maximum atomic E-state index is 11.3. The zero-order chi connectivity index (χ0) is 9.42. The highest BCUT2D eigenvalue weighted by atomic mass is 16.1. The predicted molar refractivity (Wildman–Crippen MR) is 49.3 cm³/mol. The highest BCUT2D eigenvalue weighted by Crippen LogP contribution is 2.10. The number of nitrogens with zero attached hydrogens (tertiary/aromatic N) is 2. The maximum Gasteiger partial charge on any atom is 0.260 e. The molecule has 5 nitrogen and oxygen atoms in total. The number of hydrogen-bond donors (Lipinski definition) is 2. The first-order valence-electron chi connectivity index (χ1n) is 4.00. The number of rotatable bonds is 1. The van der Waals surface area contributed by atoms with E-state index in [0.29, 0.717) is 11.0 Å². The molecule has 1 unspecified atom stereocenters. The standard InChI is InChI=1S/C8H10N4O/c1-5(9)12-3-2-6-7(12)10-4-11-8(6)13/h2-5H,9H2,1H3,(H,10,11,13). The number of nitrogens with two attached hydrogens (primary N) is 1. The molecule has 0 aromatic carbocycles. The van der Waals surface area contributed by atoms with Crippen LogP contribution in [0.25, 0.3) is 11.0 Å². The van der Waals surface area contributed by atoms with Crippen LogP contribution in [0.4, 0.5) is 0 Å². The molecule has 0 radical (unpaired) electrons. The van der Waals surface area contributed by atoms with E-state index in [9.17, 15) is 4.79 Å². The minimum Gasteiger partial charge on any atom is -0.317 e. The lowest BCUT2D eigenvalue weighted by atomic mass is 10.4. The molecule has 0 saturated carbocycles. The summed E-state index contributed by atoms with van der Waals surface area (Å²) >= 11 is 0. The van der Waals surface area contributed by atoms with Crippen LogP contribution in [0.3, 0.4) is 0 Å². The third-order valence-corrected chi connectivity index (χ3v) is 1.95. The van der Waals surface area contributed by atoms with Crippen molar-refractivity contribution in [2.45, 2.75) is 13.1 Å². The third-order valence-electron chi connectivity index (χ3n) is 1.95. The lowest BCUT2D eigenvalue weighted by Gasteiger charge is -2.07. The fourth-order valence-electron chi connectivity index (χ4n) is 1.31. The van der Waals surface area contributed by atoms with Crippen LogP contribution in [0, 0.1) is 0 Å². The largest absolute Gasteiger partial charge is 0.317 e. The van der Waals surface area contributed by atoms with Gasteiger partial charge >= 0.3 is 0 Å². The molecule has 0 spiro atoms. The van der Waals surface area contributed by atoms with E-state index >= 15 is 0 Å². The summed E-state index contributed by atoms with van der Waals surface area (Å²) in [5.74, 6) is 0. The SMILES string of the molecule is CC(N)n1ccc2c(=O)[nH]cnc21. The van der Waals surface area contributed by atoms with Crippen molar-refractivity contribution in [2.24, 2.45) is 5.73 Å². The quantitative estimate of drug-likeness (QED) is 0.655. The van der Waals surface area contributed by atoms with Gasteiger partial charge in [0.05, 0.1) is 17.9 Å². The minimum atomic E-state index is -0.174. The molecule has 68 valence electrons. The summed E-state index contributed by atoms with van der Waals surface area (Å²) in [7, 11) is 0. The van der Waals surface area contributed by atoms with Gasteiger partial charge in [0.2, 0.25) is 0 Å². The third kappa shape index (κ3) is 1.13. The van der Waals surface area contributed by atoms with Crippen LogP contribution in [-0.4, -0.2) is 14.5 Å². The monoisotopic (exact) mass is 178 g/mol. The van der Waals surface area contributed by atoms with E-state index in [1.807, 2.05) is 6.92 Å². The lowest BCUT2D eigenvalue weighted by molar-refractivity contribution is 0.588. The second-order valence-electron chi connectivity index (χ2n) is 2.93. The zero-order valence-corrected chi connectivity index (χ0v) is 7.19. The fraction of sp³-hybridized carbons (Fsp3) is 0.250. The van der Waals surface area contributed by atoms with Crippen molar-refractivity contribution in [3.63, 3.8) is 0 Å². The molecule has 13 heavy (non-hydrogen) atoms. The Morgan fingerprint density at radius 1 is 1.69 bits per heavy atom. The molecular weight excluding hydrogens is 168 g/mol. The van der Waals surface area contributed by atoms with Crippen molar-refractivity contribution >= 4 is 11.0 Å². The van der Waals surface area contributed by atoms with E-state index < -0.39 is 0 Å². The molecule has 5 heteroatoms. The smallest absolute Gasteiger partial charge is 0.260 e. The topological polar surface area (TPSA) is 76.7 Å². The van der Waals surface area contributed by atoms with Gasteiger partial charge in [0.1, 0.15) is 5.65 Å². The summed E-state index contributed by atoms with van der Waals surface area (Å²) in [6.07, 6.45) is 2.97. The molecule has 3 N–H and O–H groups in total. The second-order valence-corrected chi connectivity index (χ2v) is 2.93. The minimum absolute atomic E-state index is 0.135. The first kappa shape index (κ1) is 8.00. The Morgan fingerprint density at radius 3 is 3.15 bits per heavy atom. The van der Waals surface area contributed by atoms with Crippen molar-refractivity contribution < 1.29 is 0 Å². The lowest BCUT2D eigenvalue weighted by Crippen LogP contribution is -2.15. The van der Waals surface area contributed by atoms with Crippen LogP contribution in [0.2, 0.25) is 0 Å². The van der Waals surface area contributed by atoms with Gasteiger partial charge in [-0.05, 0) is 13.0 Å². The van der Waals surface area contributed by atoms with Crippen LogP contribution in [0.1, 0.15) is 13.1 Å². The van der Waals surface area contributed by atoms with Crippen LogP contribution < -0.4 is 11.3 Å². The average molecular weight is 178 g/mol. The van der Waals surface area contributed by atoms with E-state index in [-0.39, 0.29) is 11.7 Å². The summed E-state index contributed by atoms with van der Waals surface area (Å²) in [6, 6.07) is 1.71. The van der Waals surface area contributed by atoms with Gasteiger partial charge in [-0.15, -0.1) is 0 Å². The van der Waals surface area contributed by atoms with E-state index in [0.717, 1.165) is 0 Å². The van der Waals surface area contributed by atoms with Crippen molar-refractivity contribution in [3.8, 4) is 0 Å². The Kier molecular flexibility index (Phi) is 1.66. The Balaban J connectivity index is 2.83. The van der Waals surface area contributed by atoms with Crippen LogP contribution in [0.15, 0.2) is 23.4 Å². The van der Waals surface area contributed by atoms with Crippen molar-refractivity contribution in [1.29, 1.82) is 0 Å². The number of aromatic nitrogens is 3. The zero-order valence-electron chi connectivity index (χ0n) is 7.19. The Hall–Kier alpha value is -1.62. The normalized spacial score (nSPS) is 13.4. The molecule has 2 aromatic rings. The number of aromatic amines is 1. The Bertz CT molecular complexity index is 482. The Morgan fingerprint density at radius 2 is 2.46 bits per heavy atom. The highest BCUT2D eigenvalue weighted by Gasteiger charge is 2.06. The number of H-pyrrole nitrogens is 1. The molecular formula is C8H10N4O. The molecule has 0 aliphatic rings. The van der Waals surface area contributed by atoms with Crippen LogP contribution >= 0.6 is 0 Å². The van der Waals surface area contributed by atoms with E-state index in [2.05, 4.69) is 9.97 Å². The van der Waals surface area contributed by atoms with E-state index in [1.165, 1.54) is 6.33 Å². The van der Waals surface area contributed by atoms with Gasteiger partial charge in [-0.2, -0.15) is 0 Å². The number of hydrogen-bond acceptors (Lipinski definition) is 3. The van der Waals surface area contributed by atoms with Gasteiger partial charge in [0.25, 0.3) is 5.56 Å². The molecule has 1 atom stereocenters. The Labute approximate surface area is 74.2 Å². The van der Waals surface area contributed by atoms with E-state index in [4.69, 9.17) is 5.73 Å². The van der Waals surface area contributed by atoms with Crippen molar-refractivity contribution in [1.82, 2.24) is 14.5 Å². The summed E-state index contributed by atoms with van der Waals surface area (Å²) in [5, 5.41) is 0.569. The van der Waals surface area contributed by atoms with Crippen molar-refractivity contribution in [3.05, 3.63) is 28.9 Å². The molecule has 0 amide bonds. The summed E-state index contributed by atoms with van der Waals surface area (Å²) in [4.78, 5) is 17.8. The molecule has 0 fully saturated rings. The predicted octanol–water partition coefficient (Wildman–Crippen LogP) is 0.202. The number of nitrogens with one attached hydrogen (secondary N) is 1. The summed E-state index contributed by atoms with van der Waals surface area (Å²) in [6.45, 7) is 1.84. The average Bonchev–Trinajstić information content (AvgIpc) is 2.48. The highest BCUT2D eigenvalue weighted by molar-refractivity contribution is 5.74. The van der Waals surface area contributed by atoms with E-state index in [1.54, 1.807) is 16.8 Å². The molecule has 0 saturated heterocycles. The molecule has 2 aromatic heterocycles. The number of fused-ring (bicyclic) bond motifs is 1. The molecule has 0 bridgehead atoms. The fourth-order valence-corrected chi connectivity index (χ4v) is 1.31.